The Bertz CT molecular complexity index is 498. The van der Waals surface area contributed by atoms with Crippen LogP contribution in [-0.4, -0.2) is 21.8 Å². The predicted octanol–water partition coefficient (Wildman–Crippen LogP) is 1.57. The van der Waals surface area contributed by atoms with Gasteiger partial charge in [0.05, 0.1) is 12.7 Å². The van der Waals surface area contributed by atoms with Crippen LogP contribution in [0.5, 0.6) is 5.75 Å². The topological polar surface area (TPSA) is 60.4 Å². The molecule has 0 amide bonds. The Morgan fingerprint density at radius 1 is 1.47 bits per heavy atom. The second-order valence-electron chi connectivity index (χ2n) is 2.56. The molecule has 0 saturated heterocycles. The standard InChI is InChI=1S/C8H6ClFO4S/c1-14-8-6(15(9,12)13)3-2-5(4-11)7(8)10/h2-4H,1H3. The summed E-state index contributed by atoms with van der Waals surface area (Å²) in [6, 6.07) is 2.02. The van der Waals surface area contributed by atoms with Crippen molar-refractivity contribution >= 4 is 26.0 Å². The molecule has 0 bridgehead atoms. The summed E-state index contributed by atoms with van der Waals surface area (Å²) in [6.07, 6.45) is 0.252. The summed E-state index contributed by atoms with van der Waals surface area (Å²) in [5.41, 5.74) is -0.295. The molecule has 0 atom stereocenters. The van der Waals surface area contributed by atoms with Crippen LogP contribution >= 0.6 is 10.7 Å². The van der Waals surface area contributed by atoms with Crippen molar-refractivity contribution in [3.8, 4) is 5.75 Å². The van der Waals surface area contributed by atoms with Gasteiger partial charge >= 0.3 is 0 Å². The molecule has 1 rings (SSSR count). The highest BCUT2D eigenvalue weighted by molar-refractivity contribution is 8.13. The molecule has 0 radical (unpaired) electrons. The van der Waals surface area contributed by atoms with Crippen LogP contribution in [0.3, 0.4) is 0 Å². The first kappa shape index (κ1) is 11.9. The number of benzene rings is 1. The Hall–Kier alpha value is -1.14. The lowest BCUT2D eigenvalue weighted by atomic mass is 10.2. The number of hydrogen-bond acceptors (Lipinski definition) is 4. The van der Waals surface area contributed by atoms with Gasteiger partial charge < -0.3 is 4.74 Å². The number of ether oxygens (including phenoxy) is 1. The molecule has 0 aliphatic rings. The first-order chi connectivity index (χ1) is 6.91. The van der Waals surface area contributed by atoms with Crippen LogP contribution in [0.15, 0.2) is 17.0 Å². The zero-order valence-corrected chi connectivity index (χ0v) is 9.10. The van der Waals surface area contributed by atoms with Gasteiger partial charge in [0.2, 0.25) is 0 Å². The number of carbonyl (C=O) groups is 1. The molecule has 0 saturated carbocycles. The molecular weight excluding hydrogens is 247 g/mol. The molecule has 0 aliphatic heterocycles. The van der Waals surface area contributed by atoms with E-state index in [0.29, 0.717) is 0 Å². The van der Waals surface area contributed by atoms with Gasteiger partial charge in [-0.05, 0) is 12.1 Å². The second kappa shape index (κ2) is 4.16. The van der Waals surface area contributed by atoms with E-state index in [4.69, 9.17) is 10.7 Å². The second-order valence-corrected chi connectivity index (χ2v) is 5.09. The third-order valence-corrected chi connectivity index (χ3v) is 3.03. The lowest BCUT2D eigenvalue weighted by Gasteiger charge is -2.07. The lowest BCUT2D eigenvalue weighted by molar-refractivity contribution is 0.111. The normalized spacial score (nSPS) is 11.1. The van der Waals surface area contributed by atoms with Gasteiger partial charge in [0.25, 0.3) is 9.05 Å². The van der Waals surface area contributed by atoms with Crippen LogP contribution < -0.4 is 4.74 Å². The van der Waals surface area contributed by atoms with E-state index in [0.717, 1.165) is 19.2 Å². The molecule has 0 N–H and O–H groups in total. The van der Waals surface area contributed by atoms with Crippen LogP contribution in [0.2, 0.25) is 0 Å². The van der Waals surface area contributed by atoms with Crippen LogP contribution in [-0.2, 0) is 9.05 Å². The number of carbonyl (C=O) groups excluding carboxylic acids is 1. The van der Waals surface area contributed by atoms with E-state index in [1.165, 1.54) is 0 Å². The Morgan fingerprint density at radius 3 is 2.47 bits per heavy atom. The van der Waals surface area contributed by atoms with Gasteiger partial charge in [-0.15, -0.1) is 0 Å². The van der Waals surface area contributed by atoms with Crippen LogP contribution in [0.4, 0.5) is 4.39 Å². The van der Waals surface area contributed by atoms with E-state index < -0.39 is 25.5 Å². The van der Waals surface area contributed by atoms with Crippen LogP contribution in [0, 0.1) is 5.82 Å². The monoisotopic (exact) mass is 252 g/mol. The van der Waals surface area contributed by atoms with Crippen LogP contribution in [0.1, 0.15) is 10.4 Å². The van der Waals surface area contributed by atoms with E-state index in [-0.39, 0.29) is 11.8 Å². The highest BCUT2D eigenvalue weighted by Crippen LogP contribution is 2.30. The zero-order valence-electron chi connectivity index (χ0n) is 7.53. The maximum absolute atomic E-state index is 13.4. The van der Waals surface area contributed by atoms with Gasteiger partial charge in [0.15, 0.2) is 17.9 Å². The van der Waals surface area contributed by atoms with Crippen molar-refractivity contribution < 1.29 is 22.3 Å². The number of rotatable bonds is 3. The van der Waals surface area contributed by atoms with E-state index in [2.05, 4.69) is 4.74 Å². The molecule has 0 fully saturated rings. The lowest BCUT2D eigenvalue weighted by Crippen LogP contribution is -2.01. The average Bonchev–Trinajstić information content (AvgIpc) is 2.15. The van der Waals surface area contributed by atoms with Gasteiger partial charge in [0.1, 0.15) is 4.90 Å². The van der Waals surface area contributed by atoms with Gasteiger partial charge in [-0.25, -0.2) is 12.8 Å². The van der Waals surface area contributed by atoms with E-state index in [1.807, 2.05) is 0 Å². The van der Waals surface area contributed by atoms with E-state index in [1.54, 1.807) is 0 Å². The minimum absolute atomic E-state index is 0.252. The Morgan fingerprint density at radius 2 is 2.07 bits per heavy atom. The number of hydrogen-bond donors (Lipinski definition) is 0. The van der Waals surface area contributed by atoms with Gasteiger partial charge in [-0.3, -0.25) is 4.79 Å². The number of halogens is 2. The molecule has 0 unspecified atom stereocenters. The van der Waals surface area contributed by atoms with Crippen molar-refractivity contribution in [3.63, 3.8) is 0 Å². The molecule has 0 spiro atoms. The molecule has 4 nitrogen and oxygen atoms in total. The van der Waals surface area contributed by atoms with Crippen molar-refractivity contribution in [2.45, 2.75) is 4.90 Å². The van der Waals surface area contributed by atoms with Crippen molar-refractivity contribution in [2.75, 3.05) is 7.11 Å². The highest BCUT2D eigenvalue weighted by atomic mass is 35.7. The summed E-state index contributed by atoms with van der Waals surface area (Å²) in [5.74, 6) is -1.61. The summed E-state index contributed by atoms with van der Waals surface area (Å²) < 4.78 is 39.9. The largest absolute Gasteiger partial charge is 0.492 e. The predicted molar refractivity (Wildman–Crippen MR) is 51.4 cm³/mol. The SMILES string of the molecule is COc1c(S(=O)(=O)Cl)ccc(C=O)c1F. The minimum Gasteiger partial charge on any atom is -0.492 e. The fourth-order valence-corrected chi connectivity index (χ4v) is 2.02. The third-order valence-electron chi connectivity index (χ3n) is 1.68. The molecular formula is C8H6ClFO4S. The summed E-state index contributed by atoms with van der Waals surface area (Å²) in [7, 11) is 2.03. The van der Waals surface area contributed by atoms with E-state index in [9.17, 15) is 17.6 Å². The Labute approximate surface area is 90.0 Å². The van der Waals surface area contributed by atoms with Crippen LogP contribution in [0.25, 0.3) is 0 Å². The van der Waals surface area contributed by atoms with Crippen molar-refractivity contribution in [2.24, 2.45) is 0 Å². The molecule has 7 heteroatoms. The quantitative estimate of drug-likeness (QED) is 0.605. The average molecular weight is 253 g/mol. The highest BCUT2D eigenvalue weighted by Gasteiger charge is 2.22. The Balaban J connectivity index is 3.58. The fourth-order valence-electron chi connectivity index (χ4n) is 1.03. The molecule has 1 aromatic carbocycles. The van der Waals surface area contributed by atoms with Crippen molar-refractivity contribution in [1.29, 1.82) is 0 Å². The van der Waals surface area contributed by atoms with E-state index >= 15 is 0 Å². The summed E-state index contributed by atoms with van der Waals surface area (Å²) in [6.45, 7) is 0. The fraction of sp³-hybridized carbons (Fsp3) is 0.125. The molecule has 82 valence electrons. The van der Waals surface area contributed by atoms with Gasteiger partial charge in [-0.1, -0.05) is 0 Å². The van der Waals surface area contributed by atoms with Gasteiger partial charge in [-0.2, -0.15) is 0 Å². The Kier molecular flexibility index (Phi) is 3.31. The first-order valence-electron chi connectivity index (χ1n) is 3.68. The zero-order chi connectivity index (χ0) is 11.6. The summed E-state index contributed by atoms with van der Waals surface area (Å²) in [4.78, 5) is 9.87. The molecule has 0 aliphatic carbocycles. The number of aldehydes is 1. The summed E-state index contributed by atoms with van der Waals surface area (Å²) >= 11 is 0. The maximum Gasteiger partial charge on any atom is 0.265 e. The molecule has 1 aromatic rings. The smallest absolute Gasteiger partial charge is 0.265 e. The maximum atomic E-state index is 13.4. The van der Waals surface area contributed by atoms with Crippen molar-refractivity contribution in [3.05, 3.63) is 23.5 Å². The molecule has 0 heterocycles. The third kappa shape index (κ3) is 2.27. The number of methoxy groups -OCH3 is 1. The van der Waals surface area contributed by atoms with Crippen molar-refractivity contribution in [1.82, 2.24) is 0 Å². The molecule has 15 heavy (non-hydrogen) atoms. The summed E-state index contributed by atoms with van der Waals surface area (Å²) in [5, 5.41) is 0. The molecule has 0 aromatic heterocycles. The van der Waals surface area contributed by atoms with Gasteiger partial charge in [0, 0.05) is 10.7 Å². The minimum atomic E-state index is -4.10. The first-order valence-corrected chi connectivity index (χ1v) is 5.99.